The Balaban J connectivity index is 1.72. The molecule has 3 aromatic rings. The van der Waals surface area contributed by atoms with E-state index in [9.17, 15) is 23.3 Å². The minimum absolute atomic E-state index is 0.0484. The summed E-state index contributed by atoms with van der Waals surface area (Å²) in [5, 5.41) is 13.5. The van der Waals surface area contributed by atoms with Crippen LogP contribution in [0.3, 0.4) is 0 Å². The van der Waals surface area contributed by atoms with Crippen molar-refractivity contribution in [2.75, 3.05) is 10.0 Å². The summed E-state index contributed by atoms with van der Waals surface area (Å²) in [6.45, 7) is 3.46. The highest BCUT2D eigenvalue weighted by atomic mass is 32.2. The summed E-state index contributed by atoms with van der Waals surface area (Å²) in [6.07, 6.45) is 0. The molecule has 0 spiro atoms. The van der Waals surface area contributed by atoms with E-state index in [4.69, 9.17) is 0 Å². The maximum absolute atomic E-state index is 12.5. The predicted octanol–water partition coefficient (Wildman–Crippen LogP) is 4.26. The van der Waals surface area contributed by atoms with Crippen LogP contribution < -0.4 is 10.0 Å². The van der Waals surface area contributed by atoms with Crippen LogP contribution in [0.2, 0.25) is 0 Å². The Morgan fingerprint density at radius 2 is 1.50 bits per heavy atom. The number of rotatable bonds is 6. The second kappa shape index (κ2) is 8.34. The van der Waals surface area contributed by atoms with Crippen LogP contribution >= 0.6 is 0 Å². The highest BCUT2D eigenvalue weighted by Gasteiger charge is 2.16. The van der Waals surface area contributed by atoms with E-state index in [0.717, 1.165) is 5.56 Å². The molecule has 0 fully saturated rings. The van der Waals surface area contributed by atoms with Crippen molar-refractivity contribution < 1.29 is 18.1 Å². The number of nitro groups is 1. The molecule has 0 radical (unpaired) electrons. The molecule has 0 aliphatic heterocycles. The van der Waals surface area contributed by atoms with Crippen LogP contribution in [0.5, 0.6) is 0 Å². The van der Waals surface area contributed by atoms with Gasteiger partial charge < -0.3 is 5.32 Å². The van der Waals surface area contributed by atoms with Gasteiger partial charge in [0.15, 0.2) is 0 Å². The smallest absolute Gasteiger partial charge is 0.272 e. The molecule has 30 heavy (non-hydrogen) atoms. The minimum Gasteiger partial charge on any atom is -0.322 e. The zero-order chi connectivity index (χ0) is 21.9. The van der Waals surface area contributed by atoms with Gasteiger partial charge in [-0.15, -0.1) is 0 Å². The summed E-state index contributed by atoms with van der Waals surface area (Å²) < 4.78 is 27.5. The predicted molar refractivity (Wildman–Crippen MR) is 114 cm³/mol. The molecule has 9 heteroatoms. The van der Waals surface area contributed by atoms with Crippen molar-refractivity contribution >= 4 is 33.0 Å². The van der Waals surface area contributed by atoms with Crippen molar-refractivity contribution in [2.24, 2.45) is 0 Å². The lowest BCUT2D eigenvalue weighted by Gasteiger charge is -2.10. The number of aryl methyl sites for hydroxylation is 2. The minimum atomic E-state index is -3.77. The van der Waals surface area contributed by atoms with Gasteiger partial charge in [-0.25, -0.2) is 8.42 Å². The van der Waals surface area contributed by atoms with Crippen LogP contribution in [0.1, 0.15) is 21.5 Å². The fourth-order valence-electron chi connectivity index (χ4n) is 2.76. The number of anilines is 2. The molecule has 154 valence electrons. The number of nitrogens with one attached hydrogen (secondary N) is 2. The van der Waals surface area contributed by atoms with Gasteiger partial charge in [0.05, 0.1) is 9.82 Å². The normalized spacial score (nSPS) is 11.0. The van der Waals surface area contributed by atoms with Gasteiger partial charge in [-0.3, -0.25) is 19.6 Å². The van der Waals surface area contributed by atoms with Gasteiger partial charge in [-0.05, 0) is 62.4 Å². The lowest BCUT2D eigenvalue weighted by Crippen LogP contribution is -2.14. The van der Waals surface area contributed by atoms with Crippen LogP contribution in [-0.4, -0.2) is 19.2 Å². The number of benzene rings is 3. The molecule has 2 N–H and O–H groups in total. The third-order valence-corrected chi connectivity index (χ3v) is 5.78. The molecule has 3 aromatic carbocycles. The fraction of sp³-hybridized carbons (Fsp3) is 0.0952. The summed E-state index contributed by atoms with van der Waals surface area (Å²) in [7, 11) is -3.77. The molecule has 3 rings (SSSR count). The highest BCUT2D eigenvalue weighted by Crippen LogP contribution is 2.21. The SMILES string of the molecule is Cc1ccc(NS(=O)(=O)c2ccc(NC(=O)c3ccc([N+](=O)[O-])c(C)c3)cc2)cc1. The zero-order valence-corrected chi connectivity index (χ0v) is 17.1. The Morgan fingerprint density at radius 3 is 2.07 bits per heavy atom. The maximum Gasteiger partial charge on any atom is 0.272 e. The maximum atomic E-state index is 12.5. The lowest BCUT2D eigenvalue weighted by atomic mass is 10.1. The average molecular weight is 425 g/mol. The number of nitro benzene ring substituents is 1. The van der Waals surface area contributed by atoms with Crippen LogP contribution in [0.25, 0.3) is 0 Å². The Hall–Kier alpha value is -3.72. The molecule has 0 bridgehead atoms. The van der Waals surface area contributed by atoms with E-state index < -0.39 is 20.9 Å². The number of carbonyl (C=O) groups excluding carboxylic acids is 1. The first-order valence-corrected chi connectivity index (χ1v) is 10.4. The highest BCUT2D eigenvalue weighted by molar-refractivity contribution is 7.92. The van der Waals surface area contributed by atoms with Crippen molar-refractivity contribution in [1.82, 2.24) is 0 Å². The van der Waals surface area contributed by atoms with Crippen molar-refractivity contribution in [1.29, 1.82) is 0 Å². The molecule has 0 atom stereocenters. The van der Waals surface area contributed by atoms with Crippen molar-refractivity contribution in [3.8, 4) is 0 Å². The second-order valence-corrected chi connectivity index (χ2v) is 8.39. The Kier molecular flexibility index (Phi) is 5.84. The topological polar surface area (TPSA) is 118 Å². The molecular weight excluding hydrogens is 406 g/mol. The zero-order valence-electron chi connectivity index (χ0n) is 16.2. The van der Waals surface area contributed by atoms with Crippen LogP contribution in [0.15, 0.2) is 71.6 Å². The Morgan fingerprint density at radius 1 is 0.900 bits per heavy atom. The van der Waals surface area contributed by atoms with Crippen LogP contribution in [0, 0.1) is 24.0 Å². The summed E-state index contributed by atoms with van der Waals surface area (Å²) in [5.74, 6) is -0.457. The Labute approximate surface area is 173 Å². The number of carbonyl (C=O) groups is 1. The van der Waals surface area contributed by atoms with Gasteiger partial charge in [-0.1, -0.05) is 17.7 Å². The van der Waals surface area contributed by atoms with E-state index in [2.05, 4.69) is 10.0 Å². The monoisotopic (exact) mass is 425 g/mol. The summed E-state index contributed by atoms with van der Waals surface area (Å²) in [4.78, 5) is 22.8. The number of hydrogen-bond acceptors (Lipinski definition) is 5. The van der Waals surface area contributed by atoms with E-state index in [1.165, 1.54) is 42.5 Å². The summed E-state index contributed by atoms with van der Waals surface area (Å²) >= 11 is 0. The lowest BCUT2D eigenvalue weighted by molar-refractivity contribution is -0.385. The van der Waals surface area contributed by atoms with Gasteiger partial charge >= 0.3 is 0 Å². The third kappa shape index (κ3) is 4.81. The van der Waals surface area contributed by atoms with Crippen molar-refractivity contribution in [2.45, 2.75) is 18.7 Å². The molecule has 0 heterocycles. The fourth-order valence-corrected chi connectivity index (χ4v) is 3.82. The molecular formula is C21H19N3O5S. The average Bonchev–Trinajstić information content (AvgIpc) is 2.69. The van der Waals surface area contributed by atoms with Gasteiger partial charge in [-0.2, -0.15) is 0 Å². The molecule has 0 saturated heterocycles. The molecule has 8 nitrogen and oxygen atoms in total. The van der Waals surface area contributed by atoms with Crippen molar-refractivity contribution in [3.05, 3.63) is 93.5 Å². The van der Waals surface area contributed by atoms with Gasteiger partial charge in [0.1, 0.15) is 0 Å². The second-order valence-electron chi connectivity index (χ2n) is 6.71. The Bertz CT molecular complexity index is 1200. The molecule has 0 saturated carbocycles. The van der Waals surface area contributed by atoms with E-state index in [-0.39, 0.29) is 16.1 Å². The van der Waals surface area contributed by atoms with E-state index in [1.54, 1.807) is 31.2 Å². The van der Waals surface area contributed by atoms with E-state index in [0.29, 0.717) is 16.9 Å². The van der Waals surface area contributed by atoms with E-state index >= 15 is 0 Å². The number of nitrogens with zero attached hydrogens (tertiary/aromatic N) is 1. The number of amides is 1. The standard InChI is InChI=1S/C21H19N3O5S/c1-14-3-6-18(7-4-14)23-30(28,29)19-10-8-17(9-11-19)22-21(25)16-5-12-20(24(26)27)15(2)13-16/h3-13,23H,1-2H3,(H,22,25). The van der Waals surface area contributed by atoms with Gasteiger partial charge in [0, 0.05) is 28.6 Å². The first-order chi connectivity index (χ1) is 14.2. The molecule has 0 aliphatic carbocycles. The molecule has 0 aromatic heterocycles. The van der Waals surface area contributed by atoms with Gasteiger partial charge in [0.2, 0.25) is 0 Å². The third-order valence-electron chi connectivity index (χ3n) is 4.38. The largest absolute Gasteiger partial charge is 0.322 e. The first kappa shape index (κ1) is 21.0. The number of hydrogen-bond donors (Lipinski definition) is 2. The molecule has 0 unspecified atom stereocenters. The van der Waals surface area contributed by atoms with Crippen LogP contribution in [-0.2, 0) is 10.0 Å². The molecule has 1 amide bonds. The van der Waals surface area contributed by atoms with E-state index in [1.807, 2.05) is 6.92 Å². The van der Waals surface area contributed by atoms with Crippen molar-refractivity contribution in [3.63, 3.8) is 0 Å². The summed E-state index contributed by atoms with van der Waals surface area (Å²) in [6, 6.07) is 16.7. The summed E-state index contributed by atoms with van der Waals surface area (Å²) in [5.41, 5.74) is 2.42. The first-order valence-electron chi connectivity index (χ1n) is 8.92. The molecule has 0 aliphatic rings. The number of sulfonamides is 1. The van der Waals surface area contributed by atoms with Gasteiger partial charge in [0.25, 0.3) is 21.6 Å². The van der Waals surface area contributed by atoms with Crippen LogP contribution in [0.4, 0.5) is 17.1 Å². The quantitative estimate of drug-likeness (QED) is 0.452.